The monoisotopic (exact) mass is 397 g/mol. The van der Waals surface area contributed by atoms with Crippen molar-refractivity contribution in [2.45, 2.75) is 6.92 Å². The third kappa shape index (κ3) is 5.98. The zero-order valence-corrected chi connectivity index (χ0v) is 16.7. The van der Waals surface area contributed by atoms with Gasteiger partial charge in [0, 0.05) is 36.6 Å². The summed E-state index contributed by atoms with van der Waals surface area (Å²) in [5, 5.41) is 12.3. The Morgan fingerprint density at radius 1 is 1.31 bits per heavy atom. The van der Waals surface area contributed by atoms with Gasteiger partial charge >= 0.3 is 6.09 Å². The Balaban J connectivity index is 2.37. The van der Waals surface area contributed by atoms with Gasteiger partial charge in [0.1, 0.15) is 19.0 Å². The van der Waals surface area contributed by atoms with Crippen molar-refractivity contribution in [2.75, 3.05) is 44.2 Å². The number of hydrogen-bond acceptors (Lipinski definition) is 5. The molecule has 0 saturated heterocycles. The van der Waals surface area contributed by atoms with E-state index in [1.54, 1.807) is 31.4 Å². The number of rotatable bonds is 8. The molecule has 2 aromatic rings. The Morgan fingerprint density at radius 3 is 2.76 bits per heavy atom. The molecule has 1 amide bonds. The highest BCUT2D eigenvalue weighted by Gasteiger charge is 2.13. The number of benzene rings is 2. The topological polar surface area (TPSA) is 74.6 Å². The first-order valence-electron chi connectivity index (χ1n) is 9.13. The first-order chi connectivity index (χ1) is 14.0. The molecule has 0 fully saturated rings. The van der Waals surface area contributed by atoms with Crippen molar-refractivity contribution in [3.05, 3.63) is 53.6 Å². The Labute approximate surface area is 170 Å². The number of anilines is 2. The first-order valence-corrected chi connectivity index (χ1v) is 9.13. The maximum Gasteiger partial charge on any atom is 0.411 e. The van der Waals surface area contributed by atoms with E-state index in [4.69, 9.17) is 4.74 Å². The second kappa shape index (κ2) is 10.7. The van der Waals surface area contributed by atoms with Gasteiger partial charge in [-0.1, -0.05) is 12.1 Å². The Kier molecular flexibility index (Phi) is 8.04. The number of nitrogens with zero attached hydrogens (tertiary/aromatic N) is 2. The molecule has 1 N–H and O–H groups in total. The summed E-state index contributed by atoms with van der Waals surface area (Å²) in [6.07, 6.45) is 1.01. The summed E-state index contributed by atoms with van der Waals surface area (Å²) in [6.45, 7) is 1.75. The smallest absolute Gasteiger partial charge is 0.411 e. The van der Waals surface area contributed by atoms with Crippen LogP contribution in [0.3, 0.4) is 0 Å². The molecule has 0 atom stereocenters. The van der Waals surface area contributed by atoms with E-state index in [0.29, 0.717) is 17.0 Å². The van der Waals surface area contributed by atoms with E-state index >= 15 is 0 Å². The molecule has 0 aromatic heterocycles. The summed E-state index contributed by atoms with van der Waals surface area (Å²) in [5.41, 5.74) is 3.34. The van der Waals surface area contributed by atoms with E-state index in [1.165, 1.54) is 0 Å². The maximum atomic E-state index is 12.1. The minimum absolute atomic E-state index is 0.296. The van der Waals surface area contributed by atoms with Gasteiger partial charge in [-0.2, -0.15) is 5.26 Å². The summed E-state index contributed by atoms with van der Waals surface area (Å²) >= 11 is 0. The lowest BCUT2D eigenvalue weighted by Gasteiger charge is -2.21. The van der Waals surface area contributed by atoms with Crippen molar-refractivity contribution in [3.63, 3.8) is 0 Å². The van der Waals surface area contributed by atoms with Crippen LogP contribution in [0.1, 0.15) is 18.1 Å². The SMILES string of the molecule is CCN(C)c1cc(OC)ccc1/C(C#N)=C/c1cccc(NC(=O)OCCF)c1. The summed E-state index contributed by atoms with van der Waals surface area (Å²) < 4.78 is 22.1. The Bertz CT molecular complexity index is 922. The summed E-state index contributed by atoms with van der Waals surface area (Å²) in [4.78, 5) is 13.6. The maximum absolute atomic E-state index is 12.1. The molecule has 6 nitrogen and oxygen atoms in total. The number of carbonyl (C=O) groups excluding carboxylic acids is 1. The van der Waals surface area contributed by atoms with Crippen LogP contribution in [-0.2, 0) is 4.74 Å². The summed E-state index contributed by atoms with van der Waals surface area (Å²) in [7, 11) is 3.55. The molecule has 0 radical (unpaired) electrons. The number of nitriles is 1. The minimum Gasteiger partial charge on any atom is -0.497 e. The van der Waals surface area contributed by atoms with Gasteiger partial charge in [-0.05, 0) is 42.8 Å². The van der Waals surface area contributed by atoms with Crippen molar-refractivity contribution >= 4 is 29.1 Å². The summed E-state index contributed by atoms with van der Waals surface area (Å²) in [5.74, 6) is 0.708. The van der Waals surface area contributed by atoms with E-state index in [2.05, 4.69) is 16.1 Å². The van der Waals surface area contributed by atoms with Crippen LogP contribution in [0.5, 0.6) is 5.75 Å². The lowest BCUT2D eigenvalue weighted by molar-refractivity contribution is 0.152. The molecule has 7 heteroatoms. The summed E-state index contributed by atoms with van der Waals surface area (Å²) in [6, 6.07) is 14.8. The molecule has 2 rings (SSSR count). The fraction of sp³-hybridized carbons (Fsp3) is 0.273. The van der Waals surface area contributed by atoms with Crippen LogP contribution >= 0.6 is 0 Å². The van der Waals surface area contributed by atoms with Crippen molar-refractivity contribution in [1.82, 2.24) is 0 Å². The molecule has 0 spiro atoms. The lowest BCUT2D eigenvalue weighted by Crippen LogP contribution is -2.17. The Morgan fingerprint density at radius 2 is 2.10 bits per heavy atom. The molecular formula is C22H24FN3O3. The molecule has 29 heavy (non-hydrogen) atoms. The van der Waals surface area contributed by atoms with E-state index in [0.717, 1.165) is 23.4 Å². The fourth-order valence-corrected chi connectivity index (χ4v) is 2.68. The second-order valence-corrected chi connectivity index (χ2v) is 6.14. The van der Waals surface area contributed by atoms with Gasteiger partial charge in [0.2, 0.25) is 0 Å². The molecule has 0 saturated carbocycles. The largest absolute Gasteiger partial charge is 0.497 e. The molecule has 0 aliphatic heterocycles. The zero-order chi connectivity index (χ0) is 21.2. The average molecular weight is 397 g/mol. The lowest BCUT2D eigenvalue weighted by atomic mass is 10.0. The molecule has 2 aromatic carbocycles. The van der Waals surface area contributed by atoms with Crippen molar-refractivity contribution in [1.29, 1.82) is 5.26 Å². The van der Waals surface area contributed by atoms with E-state index < -0.39 is 12.8 Å². The number of nitrogens with one attached hydrogen (secondary N) is 1. The van der Waals surface area contributed by atoms with Gasteiger partial charge in [0.15, 0.2) is 0 Å². The van der Waals surface area contributed by atoms with Crippen LogP contribution in [0, 0.1) is 11.3 Å². The molecule has 0 heterocycles. The average Bonchev–Trinajstić information content (AvgIpc) is 2.75. The second-order valence-electron chi connectivity index (χ2n) is 6.14. The van der Waals surface area contributed by atoms with Crippen molar-refractivity contribution in [3.8, 4) is 11.8 Å². The molecule has 0 aliphatic rings. The van der Waals surface area contributed by atoms with E-state index in [-0.39, 0.29) is 6.61 Å². The fourth-order valence-electron chi connectivity index (χ4n) is 2.68. The number of halogens is 1. The molecular weight excluding hydrogens is 373 g/mol. The molecule has 0 aliphatic carbocycles. The third-order valence-electron chi connectivity index (χ3n) is 4.26. The zero-order valence-electron chi connectivity index (χ0n) is 16.7. The normalized spacial score (nSPS) is 10.8. The van der Waals surface area contributed by atoms with Gasteiger partial charge in [0.25, 0.3) is 0 Å². The Hall–Kier alpha value is -3.53. The minimum atomic E-state index is -0.738. The highest BCUT2D eigenvalue weighted by Crippen LogP contribution is 2.31. The molecule has 152 valence electrons. The van der Waals surface area contributed by atoms with E-state index in [9.17, 15) is 14.4 Å². The number of allylic oxidation sites excluding steroid dienone is 1. The van der Waals surface area contributed by atoms with Crippen molar-refractivity contribution in [2.24, 2.45) is 0 Å². The number of alkyl halides is 1. The van der Waals surface area contributed by atoms with Gasteiger partial charge in [-0.15, -0.1) is 0 Å². The highest BCUT2D eigenvalue weighted by molar-refractivity contribution is 5.95. The standard InChI is InChI=1S/C22H24FN3O3/c1-4-26(2)21-14-19(28-3)8-9-20(21)17(15-24)12-16-6-5-7-18(13-16)25-22(27)29-11-10-23/h5-9,12-14H,4,10-11H2,1-3H3,(H,25,27)/b17-12+. The van der Waals surface area contributed by atoms with Crippen LogP contribution in [0.2, 0.25) is 0 Å². The van der Waals surface area contributed by atoms with Crippen LogP contribution in [0.15, 0.2) is 42.5 Å². The van der Waals surface area contributed by atoms with Gasteiger partial charge in [-0.25, -0.2) is 9.18 Å². The highest BCUT2D eigenvalue weighted by atomic mass is 19.1. The van der Waals surface area contributed by atoms with Crippen LogP contribution in [-0.4, -0.2) is 40.1 Å². The number of methoxy groups -OCH3 is 1. The third-order valence-corrected chi connectivity index (χ3v) is 4.26. The molecule has 0 unspecified atom stereocenters. The van der Waals surface area contributed by atoms with Crippen molar-refractivity contribution < 1.29 is 18.7 Å². The number of amides is 1. The van der Waals surface area contributed by atoms with Gasteiger partial charge in [-0.3, -0.25) is 5.32 Å². The van der Waals surface area contributed by atoms with Crippen LogP contribution in [0.4, 0.5) is 20.6 Å². The number of carbonyl (C=O) groups is 1. The quantitative estimate of drug-likeness (QED) is 0.515. The van der Waals surface area contributed by atoms with Crippen LogP contribution < -0.4 is 15.0 Å². The number of ether oxygens (including phenoxy) is 2. The first kappa shape index (κ1) is 21.8. The predicted molar refractivity (Wildman–Crippen MR) is 113 cm³/mol. The predicted octanol–water partition coefficient (Wildman–Crippen LogP) is 4.73. The van der Waals surface area contributed by atoms with Gasteiger partial charge in [0.05, 0.1) is 18.8 Å². The molecule has 0 bridgehead atoms. The number of hydrogen-bond donors (Lipinski definition) is 1. The van der Waals surface area contributed by atoms with Gasteiger partial charge < -0.3 is 14.4 Å². The van der Waals surface area contributed by atoms with Crippen LogP contribution in [0.25, 0.3) is 11.6 Å². The van der Waals surface area contributed by atoms with E-state index in [1.807, 2.05) is 43.1 Å².